The van der Waals surface area contributed by atoms with Crippen molar-refractivity contribution in [1.82, 2.24) is 10.6 Å². The van der Waals surface area contributed by atoms with Crippen LogP contribution in [0.15, 0.2) is 53.4 Å². The van der Waals surface area contributed by atoms with Gasteiger partial charge in [-0.15, -0.1) is 0 Å². The SMILES string of the molecule is O=C(NCCNC(=O)c1ccc(SC(F)(F)F)cc1)c1ccc(O)cc1. The van der Waals surface area contributed by atoms with Gasteiger partial charge in [-0.3, -0.25) is 9.59 Å². The molecule has 0 aromatic heterocycles. The summed E-state index contributed by atoms with van der Waals surface area (Å²) in [5.74, 6) is -0.756. The molecule has 0 saturated heterocycles. The van der Waals surface area contributed by atoms with Gasteiger partial charge in [0.2, 0.25) is 0 Å². The van der Waals surface area contributed by atoms with Crippen LogP contribution in [0.25, 0.3) is 0 Å². The standard InChI is InChI=1S/C17H15F3N2O3S/c18-17(19,20)26-14-7-3-12(4-8-14)16(25)22-10-9-21-15(24)11-1-5-13(23)6-2-11/h1-8,23H,9-10H2,(H,21,24)(H,22,25). The molecular formula is C17H15F3N2O3S. The molecule has 0 aliphatic rings. The van der Waals surface area contributed by atoms with Crippen LogP contribution in [0.1, 0.15) is 20.7 Å². The molecule has 138 valence electrons. The highest BCUT2D eigenvalue weighted by Crippen LogP contribution is 2.36. The fraction of sp³-hybridized carbons (Fsp3) is 0.176. The van der Waals surface area contributed by atoms with E-state index in [9.17, 15) is 22.8 Å². The van der Waals surface area contributed by atoms with Gasteiger partial charge in [-0.05, 0) is 60.3 Å². The van der Waals surface area contributed by atoms with E-state index in [4.69, 9.17) is 5.11 Å². The van der Waals surface area contributed by atoms with Crippen molar-refractivity contribution in [2.75, 3.05) is 13.1 Å². The number of carbonyl (C=O) groups excluding carboxylic acids is 2. The molecule has 3 N–H and O–H groups in total. The van der Waals surface area contributed by atoms with Gasteiger partial charge in [0, 0.05) is 29.1 Å². The summed E-state index contributed by atoms with van der Waals surface area (Å²) in [5, 5.41) is 14.3. The third kappa shape index (κ3) is 6.32. The zero-order valence-electron chi connectivity index (χ0n) is 13.3. The molecule has 2 rings (SSSR count). The van der Waals surface area contributed by atoms with Crippen molar-refractivity contribution >= 4 is 23.6 Å². The molecule has 0 radical (unpaired) electrons. The van der Waals surface area contributed by atoms with Gasteiger partial charge in [-0.2, -0.15) is 13.2 Å². The van der Waals surface area contributed by atoms with Gasteiger partial charge in [-0.25, -0.2) is 0 Å². The predicted molar refractivity (Wildman–Crippen MR) is 91.1 cm³/mol. The van der Waals surface area contributed by atoms with Crippen LogP contribution in [0, 0.1) is 0 Å². The van der Waals surface area contributed by atoms with E-state index in [2.05, 4.69) is 10.6 Å². The van der Waals surface area contributed by atoms with E-state index in [0.29, 0.717) is 5.56 Å². The number of hydrogen-bond donors (Lipinski definition) is 3. The van der Waals surface area contributed by atoms with Crippen molar-refractivity contribution in [2.24, 2.45) is 0 Å². The van der Waals surface area contributed by atoms with Crippen LogP contribution in [0.5, 0.6) is 5.75 Å². The molecule has 0 bridgehead atoms. The van der Waals surface area contributed by atoms with Crippen LogP contribution < -0.4 is 10.6 Å². The molecule has 0 atom stereocenters. The average Bonchev–Trinajstić information content (AvgIpc) is 2.58. The highest BCUT2D eigenvalue weighted by atomic mass is 32.2. The smallest absolute Gasteiger partial charge is 0.446 e. The Morgan fingerprint density at radius 1 is 0.846 bits per heavy atom. The van der Waals surface area contributed by atoms with Crippen molar-refractivity contribution in [3.05, 3.63) is 59.7 Å². The van der Waals surface area contributed by atoms with Crippen molar-refractivity contribution in [2.45, 2.75) is 10.4 Å². The van der Waals surface area contributed by atoms with E-state index in [-0.39, 0.29) is 47.0 Å². The maximum Gasteiger partial charge on any atom is 0.446 e. The number of benzene rings is 2. The molecule has 0 fully saturated rings. The Labute approximate surface area is 151 Å². The predicted octanol–water partition coefficient (Wildman–Crippen LogP) is 3.16. The van der Waals surface area contributed by atoms with Gasteiger partial charge in [0.05, 0.1) is 0 Å². The van der Waals surface area contributed by atoms with E-state index >= 15 is 0 Å². The molecule has 9 heteroatoms. The first-order valence-electron chi connectivity index (χ1n) is 7.46. The minimum absolute atomic E-state index is 0.00443. The summed E-state index contributed by atoms with van der Waals surface area (Å²) in [4.78, 5) is 23.7. The van der Waals surface area contributed by atoms with E-state index < -0.39 is 11.4 Å². The quantitative estimate of drug-likeness (QED) is 0.528. The van der Waals surface area contributed by atoms with Crippen LogP contribution in [0.4, 0.5) is 13.2 Å². The largest absolute Gasteiger partial charge is 0.508 e. The molecule has 2 aromatic carbocycles. The van der Waals surface area contributed by atoms with Gasteiger partial charge < -0.3 is 15.7 Å². The summed E-state index contributed by atoms with van der Waals surface area (Å²) < 4.78 is 36.8. The van der Waals surface area contributed by atoms with Gasteiger partial charge in [-0.1, -0.05) is 0 Å². The number of phenols is 1. The van der Waals surface area contributed by atoms with E-state index in [1.165, 1.54) is 48.5 Å². The molecule has 0 aliphatic heterocycles. The zero-order valence-corrected chi connectivity index (χ0v) is 14.2. The van der Waals surface area contributed by atoms with Crippen molar-refractivity contribution in [3.8, 4) is 5.75 Å². The summed E-state index contributed by atoms with van der Waals surface area (Å²) >= 11 is -0.250. The van der Waals surface area contributed by atoms with E-state index in [1.54, 1.807) is 0 Å². The van der Waals surface area contributed by atoms with Crippen LogP contribution in [-0.2, 0) is 0 Å². The Hall–Kier alpha value is -2.68. The molecule has 0 aliphatic carbocycles. The second-order valence-corrected chi connectivity index (χ2v) is 6.27. The summed E-state index contributed by atoms with van der Waals surface area (Å²) in [6, 6.07) is 10.7. The van der Waals surface area contributed by atoms with Crippen LogP contribution in [-0.4, -0.2) is 35.5 Å². The van der Waals surface area contributed by atoms with Crippen molar-refractivity contribution in [3.63, 3.8) is 0 Å². The topological polar surface area (TPSA) is 78.4 Å². The number of hydrogen-bond acceptors (Lipinski definition) is 4. The summed E-state index contributed by atoms with van der Waals surface area (Å²) in [6.45, 7) is 0.329. The first kappa shape index (κ1) is 19.6. The number of halogens is 3. The number of phenolic OH excluding ortho intramolecular Hbond substituents is 1. The molecule has 2 aromatic rings. The number of nitrogens with one attached hydrogen (secondary N) is 2. The number of amides is 2. The maximum atomic E-state index is 12.3. The third-order valence-corrected chi connectivity index (χ3v) is 3.92. The lowest BCUT2D eigenvalue weighted by molar-refractivity contribution is -0.0328. The molecule has 0 saturated carbocycles. The molecule has 0 unspecified atom stereocenters. The highest BCUT2D eigenvalue weighted by Gasteiger charge is 2.29. The van der Waals surface area contributed by atoms with Gasteiger partial charge in [0.25, 0.3) is 11.8 Å². The lowest BCUT2D eigenvalue weighted by Gasteiger charge is -2.08. The van der Waals surface area contributed by atoms with Crippen molar-refractivity contribution in [1.29, 1.82) is 0 Å². The number of carbonyl (C=O) groups is 2. The molecule has 2 amide bonds. The number of alkyl halides is 3. The third-order valence-electron chi connectivity index (χ3n) is 3.18. The monoisotopic (exact) mass is 384 g/mol. The summed E-state index contributed by atoms with van der Waals surface area (Å²) in [5.41, 5.74) is -3.78. The van der Waals surface area contributed by atoms with Gasteiger partial charge >= 0.3 is 5.51 Å². The Morgan fingerprint density at radius 3 is 1.69 bits per heavy atom. The maximum absolute atomic E-state index is 12.3. The van der Waals surface area contributed by atoms with Crippen LogP contribution in [0.2, 0.25) is 0 Å². The minimum Gasteiger partial charge on any atom is -0.508 e. The fourth-order valence-corrected chi connectivity index (χ4v) is 2.52. The summed E-state index contributed by atoms with van der Waals surface area (Å²) in [7, 11) is 0. The molecule has 0 spiro atoms. The minimum atomic E-state index is -4.38. The first-order valence-corrected chi connectivity index (χ1v) is 8.27. The van der Waals surface area contributed by atoms with E-state index in [1.807, 2.05) is 0 Å². The Morgan fingerprint density at radius 2 is 1.27 bits per heavy atom. The van der Waals surface area contributed by atoms with Crippen molar-refractivity contribution < 1.29 is 27.9 Å². The Kier molecular flexibility index (Phi) is 6.51. The normalized spacial score (nSPS) is 11.0. The van der Waals surface area contributed by atoms with Gasteiger partial charge in [0.1, 0.15) is 5.75 Å². The second-order valence-electron chi connectivity index (χ2n) is 5.13. The van der Waals surface area contributed by atoms with Crippen LogP contribution in [0.3, 0.4) is 0 Å². The second kappa shape index (κ2) is 8.61. The molecule has 26 heavy (non-hydrogen) atoms. The Balaban J connectivity index is 1.76. The Bertz CT molecular complexity index is 762. The number of aromatic hydroxyl groups is 1. The first-order chi connectivity index (χ1) is 12.2. The fourth-order valence-electron chi connectivity index (χ4n) is 1.98. The molecule has 0 heterocycles. The van der Waals surface area contributed by atoms with Crippen LogP contribution >= 0.6 is 11.8 Å². The number of rotatable bonds is 6. The average molecular weight is 384 g/mol. The molecular weight excluding hydrogens is 369 g/mol. The highest BCUT2D eigenvalue weighted by molar-refractivity contribution is 8.00. The summed E-state index contributed by atoms with van der Waals surface area (Å²) in [6.07, 6.45) is 0. The lowest BCUT2D eigenvalue weighted by Crippen LogP contribution is -2.34. The lowest BCUT2D eigenvalue weighted by atomic mass is 10.2. The number of thioether (sulfide) groups is 1. The molecule has 5 nitrogen and oxygen atoms in total. The van der Waals surface area contributed by atoms with Gasteiger partial charge in [0.15, 0.2) is 0 Å². The zero-order chi connectivity index (χ0) is 19.2. The van der Waals surface area contributed by atoms with E-state index in [0.717, 1.165) is 0 Å².